The van der Waals surface area contributed by atoms with Crippen LogP contribution in [-0.2, 0) is 28.6 Å². The van der Waals surface area contributed by atoms with Gasteiger partial charge in [-0.15, -0.1) is 0 Å². The Balaban J connectivity index is 4.10. The molecule has 6 heteroatoms. The van der Waals surface area contributed by atoms with E-state index < -0.39 is 6.10 Å². The van der Waals surface area contributed by atoms with Crippen LogP contribution in [0.4, 0.5) is 0 Å². The smallest absolute Gasteiger partial charge is 0.306 e. The van der Waals surface area contributed by atoms with Gasteiger partial charge in [0.05, 0.1) is 0 Å². The molecule has 0 aromatic carbocycles. The van der Waals surface area contributed by atoms with E-state index in [1.165, 1.54) is 289 Å². The molecule has 470 valence electrons. The second-order valence-electron chi connectivity index (χ2n) is 24.5. The summed E-state index contributed by atoms with van der Waals surface area (Å²) in [6.07, 6.45) is 86.1. The van der Waals surface area contributed by atoms with Gasteiger partial charge in [0.2, 0.25) is 0 Å². The molecule has 0 heterocycles. The molecular weight excluding hydrogens is 985 g/mol. The average molecular weight is 1120 g/mol. The molecule has 0 amide bonds. The van der Waals surface area contributed by atoms with Gasteiger partial charge in [0, 0.05) is 19.3 Å². The quantitative estimate of drug-likeness (QED) is 0.0261. The van der Waals surface area contributed by atoms with Crippen molar-refractivity contribution in [2.75, 3.05) is 13.2 Å². The molecule has 0 aromatic rings. The molecule has 0 fully saturated rings. The zero-order valence-electron chi connectivity index (χ0n) is 54.1. The molecule has 6 nitrogen and oxygen atoms in total. The largest absolute Gasteiger partial charge is 0.462 e. The average Bonchev–Trinajstić information content (AvgIpc) is 3.46. The first-order chi connectivity index (χ1) is 39.5. The van der Waals surface area contributed by atoms with Gasteiger partial charge in [0.15, 0.2) is 6.10 Å². The number of rotatable bonds is 67. The summed E-state index contributed by atoms with van der Waals surface area (Å²) in [5, 5.41) is 0. The van der Waals surface area contributed by atoms with Crippen LogP contribution in [0.5, 0.6) is 0 Å². The fraction of sp³-hybridized carbons (Fsp3) is 0.878. The Morgan fingerprint density at radius 3 is 0.700 bits per heavy atom. The van der Waals surface area contributed by atoms with Gasteiger partial charge in [-0.2, -0.15) is 0 Å². The van der Waals surface area contributed by atoms with Crippen LogP contribution < -0.4 is 0 Å². The van der Waals surface area contributed by atoms with E-state index in [-0.39, 0.29) is 31.1 Å². The summed E-state index contributed by atoms with van der Waals surface area (Å²) in [7, 11) is 0. The molecule has 1 atom stereocenters. The van der Waals surface area contributed by atoms with Crippen LogP contribution in [0.25, 0.3) is 0 Å². The van der Waals surface area contributed by atoms with Gasteiger partial charge in [-0.05, 0) is 57.8 Å². The molecule has 0 aliphatic carbocycles. The van der Waals surface area contributed by atoms with Crippen molar-refractivity contribution in [3.63, 3.8) is 0 Å². The van der Waals surface area contributed by atoms with Crippen LogP contribution in [0.15, 0.2) is 36.5 Å². The van der Waals surface area contributed by atoms with Crippen molar-refractivity contribution < 1.29 is 28.6 Å². The predicted octanol–water partition coefficient (Wildman–Crippen LogP) is 24.7. The lowest BCUT2D eigenvalue weighted by atomic mass is 10.0. The molecular formula is C74H138O6. The second kappa shape index (κ2) is 69.1. The lowest BCUT2D eigenvalue weighted by Crippen LogP contribution is -2.30. The van der Waals surface area contributed by atoms with Gasteiger partial charge >= 0.3 is 17.9 Å². The van der Waals surface area contributed by atoms with E-state index >= 15 is 0 Å². The maximum Gasteiger partial charge on any atom is 0.306 e. The lowest BCUT2D eigenvalue weighted by molar-refractivity contribution is -0.167. The molecule has 0 rings (SSSR count). The van der Waals surface area contributed by atoms with Crippen LogP contribution >= 0.6 is 0 Å². The maximum atomic E-state index is 12.9. The van der Waals surface area contributed by atoms with Crippen molar-refractivity contribution in [3.05, 3.63) is 36.5 Å². The second-order valence-corrected chi connectivity index (χ2v) is 24.5. The Morgan fingerprint density at radius 2 is 0.450 bits per heavy atom. The first-order valence-electron chi connectivity index (χ1n) is 36.0. The molecule has 80 heavy (non-hydrogen) atoms. The zero-order chi connectivity index (χ0) is 57.8. The highest BCUT2D eigenvalue weighted by Crippen LogP contribution is 2.19. The fourth-order valence-corrected chi connectivity index (χ4v) is 11.0. The van der Waals surface area contributed by atoms with E-state index in [1.807, 2.05) is 0 Å². The van der Waals surface area contributed by atoms with E-state index in [9.17, 15) is 14.4 Å². The van der Waals surface area contributed by atoms with Gasteiger partial charge in [-0.25, -0.2) is 0 Å². The first-order valence-corrected chi connectivity index (χ1v) is 36.0. The maximum absolute atomic E-state index is 12.9. The number of hydrogen-bond acceptors (Lipinski definition) is 6. The summed E-state index contributed by atoms with van der Waals surface area (Å²) < 4.78 is 17.0. The minimum absolute atomic E-state index is 0.0642. The van der Waals surface area contributed by atoms with Crippen molar-refractivity contribution in [3.8, 4) is 0 Å². The third-order valence-corrected chi connectivity index (χ3v) is 16.4. The summed E-state index contributed by atoms with van der Waals surface area (Å²) in [6.45, 7) is 6.70. The van der Waals surface area contributed by atoms with Gasteiger partial charge < -0.3 is 14.2 Å². The van der Waals surface area contributed by atoms with E-state index in [2.05, 4.69) is 57.2 Å². The Bertz CT molecular complexity index is 1340. The van der Waals surface area contributed by atoms with Gasteiger partial charge in [0.1, 0.15) is 13.2 Å². The molecule has 0 spiro atoms. The van der Waals surface area contributed by atoms with Crippen LogP contribution in [0.2, 0.25) is 0 Å². The number of esters is 3. The third-order valence-electron chi connectivity index (χ3n) is 16.4. The number of allylic oxidation sites excluding steroid dienone is 6. The minimum Gasteiger partial charge on any atom is -0.462 e. The normalized spacial score (nSPS) is 12.2. The molecule has 0 bridgehead atoms. The lowest BCUT2D eigenvalue weighted by Gasteiger charge is -2.18. The summed E-state index contributed by atoms with van der Waals surface area (Å²) in [5.41, 5.74) is 0. The van der Waals surface area contributed by atoms with Crippen molar-refractivity contribution in [2.45, 2.75) is 406 Å². The Kier molecular flexibility index (Phi) is 67.1. The molecule has 1 unspecified atom stereocenters. The van der Waals surface area contributed by atoms with Crippen molar-refractivity contribution in [1.29, 1.82) is 0 Å². The molecule has 0 radical (unpaired) electrons. The van der Waals surface area contributed by atoms with Crippen LogP contribution in [0.1, 0.15) is 400 Å². The SMILES string of the molecule is CCCCCCC/C=C\C/C=C\C/C=C\CCCCCCCCCCCCCCCCCCCCC(=O)OCC(COC(=O)CCCCCCCCCCCCCC)OC(=O)CCCCCCCCCCCCCCCCCCC. The van der Waals surface area contributed by atoms with Gasteiger partial charge in [0.25, 0.3) is 0 Å². The standard InChI is InChI=1S/C74H138O6/c1-4-7-10-13-16-19-22-25-27-29-30-31-32-33-34-35-36-37-38-39-40-41-42-43-44-46-47-49-52-55-58-61-64-67-73(76)79-70-71(69-78-72(75)66-63-60-57-54-51-24-21-18-15-12-9-6-3)80-74(77)68-65-62-59-56-53-50-48-45-28-26-23-20-17-14-11-8-5-2/h22,25,29-30,32-33,71H,4-21,23-24,26-28,31,34-70H2,1-3H3/b25-22-,30-29-,33-32-. The minimum atomic E-state index is -0.766. The number of ether oxygens (including phenoxy) is 3. The Hall–Kier alpha value is -2.37. The summed E-state index contributed by atoms with van der Waals surface area (Å²) in [6, 6.07) is 0. The molecule has 0 N–H and O–H groups in total. The first kappa shape index (κ1) is 77.6. The molecule has 0 aromatic heterocycles. The van der Waals surface area contributed by atoms with Crippen molar-refractivity contribution in [1.82, 2.24) is 0 Å². The molecule has 0 aliphatic rings. The molecule has 0 aliphatic heterocycles. The van der Waals surface area contributed by atoms with Crippen LogP contribution in [0.3, 0.4) is 0 Å². The predicted molar refractivity (Wildman–Crippen MR) is 349 cm³/mol. The zero-order valence-corrected chi connectivity index (χ0v) is 54.1. The highest BCUT2D eigenvalue weighted by molar-refractivity contribution is 5.71. The fourth-order valence-electron chi connectivity index (χ4n) is 11.0. The Labute approximate surface area is 499 Å². The van der Waals surface area contributed by atoms with E-state index in [4.69, 9.17) is 14.2 Å². The van der Waals surface area contributed by atoms with Gasteiger partial charge in [-0.3, -0.25) is 14.4 Å². The monoisotopic (exact) mass is 1120 g/mol. The summed E-state index contributed by atoms with van der Waals surface area (Å²) in [4.78, 5) is 38.4. The van der Waals surface area contributed by atoms with Crippen LogP contribution in [0, 0.1) is 0 Å². The third kappa shape index (κ3) is 66.4. The Morgan fingerprint density at radius 1 is 0.250 bits per heavy atom. The summed E-state index contributed by atoms with van der Waals surface area (Å²) >= 11 is 0. The van der Waals surface area contributed by atoms with Crippen LogP contribution in [-0.4, -0.2) is 37.2 Å². The highest BCUT2D eigenvalue weighted by atomic mass is 16.6. The van der Waals surface area contributed by atoms with Gasteiger partial charge in [-0.1, -0.05) is 359 Å². The topological polar surface area (TPSA) is 78.9 Å². The summed E-state index contributed by atoms with van der Waals surface area (Å²) in [5.74, 6) is -0.833. The van der Waals surface area contributed by atoms with Crippen molar-refractivity contribution >= 4 is 17.9 Å². The number of carbonyl (C=O) groups is 3. The highest BCUT2D eigenvalue weighted by Gasteiger charge is 2.19. The molecule has 0 saturated carbocycles. The van der Waals surface area contributed by atoms with Crippen molar-refractivity contribution in [2.24, 2.45) is 0 Å². The molecule has 0 saturated heterocycles. The van der Waals surface area contributed by atoms with E-state index in [1.54, 1.807) is 0 Å². The number of hydrogen-bond donors (Lipinski definition) is 0. The van der Waals surface area contributed by atoms with E-state index in [0.29, 0.717) is 19.3 Å². The number of carbonyl (C=O) groups excluding carboxylic acids is 3. The van der Waals surface area contributed by atoms with E-state index in [0.717, 1.165) is 70.6 Å². The number of unbranched alkanes of at least 4 members (excludes halogenated alkanes) is 50.